The van der Waals surface area contributed by atoms with Crippen LogP contribution in [0.4, 0.5) is 0 Å². The number of esters is 1. The highest BCUT2D eigenvalue weighted by Gasteiger charge is 2.80. The summed E-state index contributed by atoms with van der Waals surface area (Å²) in [5.41, 5.74) is -1.97. The van der Waals surface area contributed by atoms with E-state index in [0.717, 1.165) is 44.9 Å². The molecule has 212 valence electrons. The normalized spacial score (nSPS) is 34.3. The minimum Gasteiger partial charge on any atom is -0.465 e. The standard InChI is InChI=1S/C30H46N2O6/c1-5-7-8-12-19-37-28(36)24-23-26(34)32(17-13-18-33)25(30(23)20-21(3)29(24,4)38-30)27(35)31(16-6-2)22-14-10-9-11-15-22/h5-6,21-25,33H,1-2,7-20H2,3-4H3/t21?,23-,24+,25?,29-,30?/m0/s1. The highest BCUT2D eigenvalue weighted by atomic mass is 16.6. The van der Waals surface area contributed by atoms with Gasteiger partial charge in [0.1, 0.15) is 17.6 Å². The summed E-state index contributed by atoms with van der Waals surface area (Å²) in [6.07, 6.45) is 12.1. The Labute approximate surface area is 227 Å². The van der Waals surface area contributed by atoms with E-state index in [-0.39, 0.29) is 43.5 Å². The number of hydrogen-bond acceptors (Lipinski definition) is 6. The third-order valence-electron chi connectivity index (χ3n) is 9.53. The zero-order chi connectivity index (χ0) is 27.5. The second-order valence-electron chi connectivity index (χ2n) is 11.8. The Morgan fingerprint density at radius 2 is 1.92 bits per heavy atom. The zero-order valence-corrected chi connectivity index (χ0v) is 23.2. The number of hydrogen-bond donors (Lipinski definition) is 1. The smallest absolute Gasteiger partial charge is 0.312 e. The second kappa shape index (κ2) is 11.9. The van der Waals surface area contributed by atoms with Gasteiger partial charge in [-0.15, -0.1) is 13.2 Å². The SMILES string of the molecule is C=CCCCCOC(=O)[C@H]1[C@H]2C(=O)N(CCCO)C(C(=O)N(CC=C)C3CCCCC3)C23CC(C)[C@]1(C)O3. The van der Waals surface area contributed by atoms with Crippen LogP contribution in [0.2, 0.25) is 0 Å². The summed E-state index contributed by atoms with van der Waals surface area (Å²) in [5, 5.41) is 9.59. The summed E-state index contributed by atoms with van der Waals surface area (Å²) in [6.45, 7) is 12.4. The topological polar surface area (TPSA) is 96.4 Å². The Morgan fingerprint density at radius 3 is 2.58 bits per heavy atom. The molecule has 8 nitrogen and oxygen atoms in total. The molecule has 3 aliphatic heterocycles. The molecule has 0 radical (unpaired) electrons. The van der Waals surface area contributed by atoms with Crippen molar-refractivity contribution in [2.45, 2.75) is 101 Å². The first-order chi connectivity index (χ1) is 18.3. The molecular formula is C30H46N2O6. The molecule has 1 spiro atoms. The van der Waals surface area contributed by atoms with Crippen molar-refractivity contribution in [1.82, 2.24) is 9.80 Å². The lowest BCUT2D eigenvalue weighted by atomic mass is 9.62. The van der Waals surface area contributed by atoms with Crippen molar-refractivity contribution in [3.63, 3.8) is 0 Å². The maximum Gasteiger partial charge on any atom is 0.312 e. The molecule has 1 N–H and O–H groups in total. The molecule has 8 heteroatoms. The van der Waals surface area contributed by atoms with Crippen molar-refractivity contribution in [3.8, 4) is 0 Å². The van der Waals surface area contributed by atoms with Gasteiger partial charge in [0.2, 0.25) is 11.8 Å². The monoisotopic (exact) mass is 530 g/mol. The van der Waals surface area contributed by atoms with Gasteiger partial charge in [-0.25, -0.2) is 0 Å². The van der Waals surface area contributed by atoms with E-state index in [4.69, 9.17) is 9.47 Å². The van der Waals surface area contributed by atoms with Gasteiger partial charge in [0.25, 0.3) is 0 Å². The maximum atomic E-state index is 14.5. The number of amides is 2. The van der Waals surface area contributed by atoms with E-state index in [2.05, 4.69) is 13.2 Å². The number of carbonyl (C=O) groups excluding carboxylic acids is 3. The van der Waals surface area contributed by atoms with Gasteiger partial charge in [0, 0.05) is 25.7 Å². The van der Waals surface area contributed by atoms with Crippen molar-refractivity contribution < 1.29 is 29.0 Å². The fraction of sp³-hybridized carbons (Fsp3) is 0.767. The molecule has 0 aromatic rings. The van der Waals surface area contributed by atoms with Crippen LogP contribution in [0.5, 0.6) is 0 Å². The lowest BCUT2D eigenvalue weighted by Crippen LogP contribution is -2.58. The highest BCUT2D eigenvalue weighted by Crippen LogP contribution is 2.65. The summed E-state index contributed by atoms with van der Waals surface area (Å²) in [5.74, 6) is -2.34. The Hall–Kier alpha value is -2.19. The Kier molecular flexibility index (Phi) is 9.03. The number of likely N-dealkylation sites (tertiary alicyclic amines) is 1. The first-order valence-corrected chi connectivity index (χ1v) is 14.6. The first kappa shape index (κ1) is 28.8. The van der Waals surface area contributed by atoms with E-state index >= 15 is 0 Å². The molecule has 0 aromatic carbocycles. The van der Waals surface area contributed by atoms with Crippen molar-refractivity contribution in [2.24, 2.45) is 17.8 Å². The van der Waals surface area contributed by atoms with Crippen LogP contribution in [-0.2, 0) is 23.9 Å². The largest absolute Gasteiger partial charge is 0.465 e. The van der Waals surface area contributed by atoms with Crippen molar-refractivity contribution in [2.75, 3.05) is 26.3 Å². The van der Waals surface area contributed by atoms with Crippen LogP contribution >= 0.6 is 0 Å². The van der Waals surface area contributed by atoms with Gasteiger partial charge in [0.15, 0.2) is 0 Å². The zero-order valence-electron chi connectivity index (χ0n) is 23.2. The molecule has 1 saturated carbocycles. The minimum absolute atomic E-state index is 0.0273. The highest BCUT2D eigenvalue weighted by molar-refractivity contribution is 5.98. The van der Waals surface area contributed by atoms with Crippen LogP contribution in [0.1, 0.15) is 78.1 Å². The number of nitrogens with zero attached hydrogens (tertiary/aromatic N) is 2. The molecule has 0 aromatic heterocycles. The van der Waals surface area contributed by atoms with Crippen LogP contribution in [-0.4, -0.2) is 82.3 Å². The number of carbonyl (C=O) groups is 3. The van der Waals surface area contributed by atoms with Gasteiger partial charge >= 0.3 is 5.97 Å². The predicted molar refractivity (Wildman–Crippen MR) is 144 cm³/mol. The summed E-state index contributed by atoms with van der Waals surface area (Å²) in [6, 6.07) is -0.731. The summed E-state index contributed by atoms with van der Waals surface area (Å²) >= 11 is 0. The molecule has 3 heterocycles. The predicted octanol–water partition coefficient (Wildman–Crippen LogP) is 3.63. The van der Waals surface area contributed by atoms with E-state index in [1.165, 1.54) is 6.42 Å². The number of allylic oxidation sites excluding steroid dienone is 1. The van der Waals surface area contributed by atoms with Crippen molar-refractivity contribution in [3.05, 3.63) is 25.3 Å². The molecule has 2 amide bonds. The molecule has 2 bridgehead atoms. The summed E-state index contributed by atoms with van der Waals surface area (Å²) in [4.78, 5) is 45.6. The Morgan fingerprint density at radius 1 is 1.18 bits per heavy atom. The average Bonchev–Trinajstić information content (AvgIpc) is 3.42. The number of fused-ring (bicyclic) bond motifs is 1. The summed E-state index contributed by atoms with van der Waals surface area (Å²) in [7, 11) is 0. The van der Waals surface area contributed by atoms with E-state index in [9.17, 15) is 19.5 Å². The molecule has 4 aliphatic rings. The molecule has 1 aliphatic carbocycles. The van der Waals surface area contributed by atoms with Crippen LogP contribution in [0.3, 0.4) is 0 Å². The number of aliphatic hydroxyl groups is 1. The molecule has 3 unspecified atom stereocenters. The van der Waals surface area contributed by atoms with Gasteiger partial charge in [-0.2, -0.15) is 0 Å². The Balaban J connectivity index is 1.67. The molecular weight excluding hydrogens is 484 g/mol. The van der Waals surface area contributed by atoms with Crippen molar-refractivity contribution in [1.29, 1.82) is 0 Å². The van der Waals surface area contributed by atoms with Crippen LogP contribution < -0.4 is 0 Å². The van der Waals surface area contributed by atoms with Crippen LogP contribution in [0.25, 0.3) is 0 Å². The third-order valence-corrected chi connectivity index (χ3v) is 9.53. The fourth-order valence-electron chi connectivity index (χ4n) is 7.62. The van der Waals surface area contributed by atoms with E-state index in [0.29, 0.717) is 19.4 Å². The quantitative estimate of drug-likeness (QED) is 0.222. The van der Waals surface area contributed by atoms with Crippen LogP contribution in [0.15, 0.2) is 25.3 Å². The van der Waals surface area contributed by atoms with E-state index in [1.807, 2.05) is 24.8 Å². The third kappa shape index (κ3) is 4.83. The Bertz CT molecular complexity index is 916. The lowest BCUT2D eigenvalue weighted by Gasteiger charge is -2.41. The molecule has 3 saturated heterocycles. The number of unbranched alkanes of at least 4 members (excludes halogenated alkanes) is 2. The lowest BCUT2D eigenvalue weighted by molar-refractivity contribution is -0.162. The fourth-order valence-corrected chi connectivity index (χ4v) is 7.62. The van der Waals surface area contributed by atoms with Gasteiger partial charge in [-0.05, 0) is 57.8 Å². The average molecular weight is 531 g/mol. The van der Waals surface area contributed by atoms with Crippen molar-refractivity contribution >= 4 is 17.8 Å². The maximum absolute atomic E-state index is 14.5. The van der Waals surface area contributed by atoms with Gasteiger partial charge in [0.05, 0.1) is 18.1 Å². The molecule has 4 rings (SSSR count). The number of rotatable bonds is 13. The first-order valence-electron chi connectivity index (χ1n) is 14.6. The van der Waals surface area contributed by atoms with Crippen LogP contribution in [0, 0.1) is 17.8 Å². The molecule has 38 heavy (non-hydrogen) atoms. The van der Waals surface area contributed by atoms with Gasteiger partial charge in [-0.1, -0.05) is 38.3 Å². The van der Waals surface area contributed by atoms with E-state index in [1.54, 1.807) is 11.0 Å². The number of ether oxygens (including phenoxy) is 2. The second-order valence-corrected chi connectivity index (χ2v) is 11.8. The molecule has 4 fully saturated rings. The minimum atomic E-state index is -1.08. The van der Waals surface area contributed by atoms with E-state index < -0.39 is 35.0 Å². The number of aliphatic hydroxyl groups excluding tert-OH is 1. The summed E-state index contributed by atoms with van der Waals surface area (Å²) < 4.78 is 12.5. The molecule has 6 atom stereocenters. The van der Waals surface area contributed by atoms with Gasteiger partial charge < -0.3 is 24.4 Å². The van der Waals surface area contributed by atoms with Gasteiger partial charge in [-0.3, -0.25) is 14.4 Å².